The third-order valence-electron chi connectivity index (χ3n) is 4.87. The molecule has 35 heavy (non-hydrogen) atoms. The van der Waals surface area contributed by atoms with Gasteiger partial charge in [-0.25, -0.2) is 9.18 Å². The number of esters is 1. The van der Waals surface area contributed by atoms with Crippen molar-refractivity contribution in [2.75, 3.05) is 7.11 Å². The van der Waals surface area contributed by atoms with Crippen LogP contribution in [0.15, 0.2) is 75.9 Å². The average molecular weight is 488 g/mol. The lowest BCUT2D eigenvalue weighted by Gasteiger charge is -2.14. The van der Waals surface area contributed by atoms with Gasteiger partial charge in [-0.1, -0.05) is 12.1 Å². The van der Waals surface area contributed by atoms with E-state index < -0.39 is 34.9 Å². The first kappa shape index (κ1) is 23.8. The second-order valence-electron chi connectivity index (χ2n) is 7.28. The van der Waals surface area contributed by atoms with Gasteiger partial charge >= 0.3 is 12.1 Å². The van der Waals surface area contributed by atoms with E-state index in [0.717, 1.165) is 6.07 Å². The van der Waals surface area contributed by atoms with Crippen molar-refractivity contribution >= 4 is 16.9 Å². The molecule has 0 aliphatic carbocycles. The molecule has 10 heteroatoms. The van der Waals surface area contributed by atoms with Gasteiger partial charge in [0.2, 0.25) is 11.2 Å². The SMILES string of the molecule is COC(=O)c1ccc(Oc2c(C(F)(F)F)oc3cc(OCc4cccc(F)c4)ccc3c2=O)cc1. The second kappa shape index (κ2) is 9.49. The van der Waals surface area contributed by atoms with E-state index in [1.54, 1.807) is 6.07 Å². The topological polar surface area (TPSA) is 75.0 Å². The van der Waals surface area contributed by atoms with Crippen molar-refractivity contribution in [1.82, 2.24) is 0 Å². The minimum atomic E-state index is -5.05. The number of ether oxygens (including phenoxy) is 3. The minimum Gasteiger partial charge on any atom is -0.489 e. The van der Waals surface area contributed by atoms with Gasteiger partial charge in [0.15, 0.2) is 0 Å². The lowest BCUT2D eigenvalue weighted by molar-refractivity contribution is -0.154. The fourth-order valence-electron chi connectivity index (χ4n) is 3.21. The van der Waals surface area contributed by atoms with Crippen LogP contribution in [-0.2, 0) is 17.5 Å². The molecule has 0 saturated heterocycles. The van der Waals surface area contributed by atoms with Crippen molar-refractivity contribution in [3.8, 4) is 17.2 Å². The molecule has 1 heterocycles. The number of halogens is 4. The quantitative estimate of drug-likeness (QED) is 0.241. The monoisotopic (exact) mass is 488 g/mol. The van der Waals surface area contributed by atoms with E-state index in [0.29, 0.717) is 5.56 Å². The lowest BCUT2D eigenvalue weighted by atomic mass is 10.2. The Morgan fingerprint density at radius 2 is 1.69 bits per heavy atom. The summed E-state index contributed by atoms with van der Waals surface area (Å²) in [5.41, 5.74) is -0.767. The molecule has 4 aromatic rings. The second-order valence-corrected chi connectivity index (χ2v) is 7.28. The van der Waals surface area contributed by atoms with Crippen LogP contribution in [0.2, 0.25) is 0 Å². The van der Waals surface area contributed by atoms with Gasteiger partial charge in [0, 0.05) is 6.07 Å². The van der Waals surface area contributed by atoms with Gasteiger partial charge in [0.25, 0.3) is 5.76 Å². The van der Waals surface area contributed by atoms with Gasteiger partial charge in [0.05, 0.1) is 18.1 Å². The van der Waals surface area contributed by atoms with Crippen LogP contribution in [0, 0.1) is 5.82 Å². The van der Waals surface area contributed by atoms with Crippen molar-refractivity contribution in [3.05, 3.63) is 99.7 Å². The van der Waals surface area contributed by atoms with Crippen molar-refractivity contribution in [2.24, 2.45) is 0 Å². The molecule has 0 bridgehead atoms. The fourth-order valence-corrected chi connectivity index (χ4v) is 3.21. The van der Waals surface area contributed by atoms with Crippen LogP contribution in [-0.4, -0.2) is 13.1 Å². The first-order valence-corrected chi connectivity index (χ1v) is 10.1. The van der Waals surface area contributed by atoms with E-state index in [9.17, 15) is 27.2 Å². The number of benzene rings is 3. The van der Waals surface area contributed by atoms with Crippen LogP contribution >= 0.6 is 0 Å². The highest BCUT2D eigenvalue weighted by Crippen LogP contribution is 2.38. The van der Waals surface area contributed by atoms with Crippen LogP contribution in [0.25, 0.3) is 11.0 Å². The minimum absolute atomic E-state index is 0.0532. The molecule has 4 rings (SSSR count). The number of methoxy groups -OCH3 is 1. The van der Waals surface area contributed by atoms with E-state index in [2.05, 4.69) is 4.74 Å². The summed E-state index contributed by atoms with van der Waals surface area (Å²) >= 11 is 0. The van der Waals surface area contributed by atoms with E-state index in [1.165, 1.54) is 61.7 Å². The summed E-state index contributed by atoms with van der Waals surface area (Å²) in [6, 6.07) is 14.4. The molecule has 1 aromatic heterocycles. The first-order chi connectivity index (χ1) is 16.7. The zero-order valence-electron chi connectivity index (χ0n) is 18.0. The van der Waals surface area contributed by atoms with Gasteiger partial charge in [-0.15, -0.1) is 0 Å². The Labute approximate surface area is 195 Å². The largest absolute Gasteiger partial charge is 0.489 e. The van der Waals surface area contributed by atoms with E-state index >= 15 is 0 Å². The third kappa shape index (κ3) is 5.26. The number of rotatable bonds is 6. The lowest BCUT2D eigenvalue weighted by Crippen LogP contribution is -2.15. The Morgan fingerprint density at radius 3 is 2.34 bits per heavy atom. The molecular formula is C25H16F4O6. The molecule has 0 N–H and O–H groups in total. The van der Waals surface area contributed by atoms with Crippen LogP contribution in [0.1, 0.15) is 21.7 Å². The number of hydrogen-bond acceptors (Lipinski definition) is 6. The summed E-state index contributed by atoms with van der Waals surface area (Å²) < 4.78 is 74.9. The highest BCUT2D eigenvalue weighted by Gasteiger charge is 2.40. The predicted molar refractivity (Wildman–Crippen MR) is 116 cm³/mol. The molecule has 0 aliphatic heterocycles. The summed E-state index contributed by atoms with van der Waals surface area (Å²) in [5.74, 6) is -3.79. The Morgan fingerprint density at radius 1 is 0.971 bits per heavy atom. The van der Waals surface area contributed by atoms with Crippen LogP contribution in [0.3, 0.4) is 0 Å². The first-order valence-electron chi connectivity index (χ1n) is 10.1. The Bertz CT molecular complexity index is 1440. The Balaban J connectivity index is 1.68. The number of fused-ring (bicyclic) bond motifs is 1. The third-order valence-corrected chi connectivity index (χ3v) is 4.87. The number of carbonyl (C=O) groups excluding carboxylic acids is 1. The number of hydrogen-bond donors (Lipinski definition) is 0. The van der Waals surface area contributed by atoms with Crippen molar-refractivity contribution in [3.63, 3.8) is 0 Å². The molecule has 3 aromatic carbocycles. The molecule has 0 fully saturated rings. The van der Waals surface area contributed by atoms with Gasteiger partial charge in [0.1, 0.15) is 29.5 Å². The maximum absolute atomic E-state index is 13.7. The molecule has 0 atom stereocenters. The summed E-state index contributed by atoms with van der Waals surface area (Å²) in [6.07, 6.45) is -5.05. The molecule has 0 saturated carbocycles. The molecule has 0 unspecified atom stereocenters. The zero-order chi connectivity index (χ0) is 25.2. The van der Waals surface area contributed by atoms with E-state index in [-0.39, 0.29) is 34.6 Å². The van der Waals surface area contributed by atoms with Crippen molar-refractivity contribution in [1.29, 1.82) is 0 Å². The molecular weight excluding hydrogens is 472 g/mol. The maximum Gasteiger partial charge on any atom is 0.453 e. The molecule has 180 valence electrons. The summed E-state index contributed by atoms with van der Waals surface area (Å²) in [7, 11) is 1.18. The average Bonchev–Trinajstić information content (AvgIpc) is 2.83. The highest BCUT2D eigenvalue weighted by molar-refractivity contribution is 5.89. The number of carbonyl (C=O) groups is 1. The Kier molecular flexibility index (Phi) is 6.46. The van der Waals surface area contributed by atoms with E-state index in [4.69, 9.17) is 13.9 Å². The highest BCUT2D eigenvalue weighted by atomic mass is 19.4. The summed E-state index contributed by atoms with van der Waals surface area (Å²) in [6.45, 7) is -0.0532. The number of alkyl halides is 3. The molecule has 0 radical (unpaired) electrons. The van der Waals surface area contributed by atoms with Gasteiger partial charge in [-0.2, -0.15) is 13.2 Å². The van der Waals surface area contributed by atoms with Gasteiger partial charge in [-0.05, 0) is 54.1 Å². The Hall–Kier alpha value is -4.34. The van der Waals surface area contributed by atoms with Crippen LogP contribution in [0.5, 0.6) is 17.2 Å². The van der Waals surface area contributed by atoms with Crippen LogP contribution in [0.4, 0.5) is 17.6 Å². The van der Waals surface area contributed by atoms with Crippen LogP contribution < -0.4 is 14.9 Å². The predicted octanol–water partition coefficient (Wildman–Crippen LogP) is 6.11. The normalized spacial score (nSPS) is 11.3. The van der Waals surface area contributed by atoms with E-state index in [1.807, 2.05) is 0 Å². The molecule has 0 spiro atoms. The smallest absolute Gasteiger partial charge is 0.453 e. The van der Waals surface area contributed by atoms with Gasteiger partial charge < -0.3 is 18.6 Å². The molecule has 0 amide bonds. The fraction of sp³-hybridized carbons (Fsp3) is 0.120. The summed E-state index contributed by atoms with van der Waals surface area (Å²) in [5, 5.41) is -0.169. The van der Waals surface area contributed by atoms with Crippen molar-refractivity contribution < 1.29 is 41.0 Å². The zero-order valence-corrected chi connectivity index (χ0v) is 18.0. The maximum atomic E-state index is 13.7. The molecule has 0 aliphatic rings. The summed E-state index contributed by atoms with van der Waals surface area (Å²) in [4.78, 5) is 24.4. The standard InChI is InChI=1S/C25H16F4O6/c1-32-24(31)15-5-7-17(8-6-15)34-22-21(30)19-10-9-18(12-20(19)35-23(22)25(27,28)29)33-13-14-3-2-4-16(26)11-14/h2-12H,13H2,1H3. The van der Waals surface area contributed by atoms with Gasteiger partial charge in [-0.3, -0.25) is 4.79 Å². The van der Waals surface area contributed by atoms with Crippen molar-refractivity contribution in [2.45, 2.75) is 12.8 Å². The molecule has 6 nitrogen and oxygen atoms in total.